The van der Waals surface area contributed by atoms with Gasteiger partial charge in [-0.15, -0.1) is 0 Å². The Labute approximate surface area is 125 Å². The van der Waals surface area contributed by atoms with Gasteiger partial charge in [0, 0.05) is 12.7 Å². The summed E-state index contributed by atoms with van der Waals surface area (Å²) < 4.78 is 0. The number of aryl methyl sites for hydroxylation is 2. The number of hydrogen-bond acceptors (Lipinski definition) is 3. The predicted octanol–water partition coefficient (Wildman–Crippen LogP) is 2.78. The van der Waals surface area contributed by atoms with E-state index >= 15 is 0 Å². The summed E-state index contributed by atoms with van der Waals surface area (Å²) in [6, 6.07) is 7.92. The molecule has 1 amide bonds. The van der Waals surface area contributed by atoms with Gasteiger partial charge >= 0.3 is 0 Å². The van der Waals surface area contributed by atoms with Gasteiger partial charge in [0.05, 0.1) is 11.4 Å². The van der Waals surface area contributed by atoms with Crippen LogP contribution in [0.1, 0.15) is 42.0 Å². The average Bonchev–Trinajstić information content (AvgIpc) is 2.87. The molecule has 0 bridgehead atoms. The molecule has 0 saturated carbocycles. The zero-order valence-electron chi connectivity index (χ0n) is 12.8. The summed E-state index contributed by atoms with van der Waals surface area (Å²) in [6.45, 7) is 4.16. The summed E-state index contributed by atoms with van der Waals surface area (Å²) in [6.07, 6.45) is 2.72. The molecule has 0 aliphatic rings. The van der Waals surface area contributed by atoms with E-state index in [4.69, 9.17) is 5.73 Å². The topological polar surface area (TPSA) is 75.0 Å². The number of nitrogens with two attached hydrogens (primary N) is 1. The van der Waals surface area contributed by atoms with Gasteiger partial charge in [-0.25, -0.2) is 0 Å². The molecule has 1 aromatic heterocycles. The van der Waals surface area contributed by atoms with Crippen molar-refractivity contribution in [3.05, 3.63) is 41.2 Å². The predicted molar refractivity (Wildman–Crippen MR) is 85.5 cm³/mol. The largest absolute Gasteiger partial charge is 0.395 e. The van der Waals surface area contributed by atoms with Gasteiger partial charge in [-0.05, 0) is 30.5 Å². The summed E-state index contributed by atoms with van der Waals surface area (Å²) in [5.74, 6) is -0.199. The smallest absolute Gasteiger partial charge is 0.280 e. The number of aromatic amines is 1. The quantitative estimate of drug-likeness (QED) is 0.887. The molecule has 3 N–H and O–H groups in total. The molecule has 1 aromatic carbocycles. The number of amides is 1. The van der Waals surface area contributed by atoms with E-state index in [-0.39, 0.29) is 5.91 Å². The SMILES string of the molecule is CCCc1[nH]nc(C(=O)N(C)c2ccc(CC)cc2)c1N. The molecule has 21 heavy (non-hydrogen) atoms. The Morgan fingerprint density at radius 2 is 1.95 bits per heavy atom. The van der Waals surface area contributed by atoms with Gasteiger partial charge in [0.2, 0.25) is 0 Å². The number of nitrogens with zero attached hydrogens (tertiary/aromatic N) is 2. The van der Waals surface area contributed by atoms with E-state index in [1.165, 1.54) is 5.56 Å². The Kier molecular flexibility index (Phi) is 4.62. The van der Waals surface area contributed by atoms with E-state index < -0.39 is 0 Å². The van der Waals surface area contributed by atoms with Crippen LogP contribution in [0, 0.1) is 0 Å². The first-order chi connectivity index (χ1) is 10.1. The van der Waals surface area contributed by atoms with Crippen molar-refractivity contribution in [1.82, 2.24) is 10.2 Å². The molecule has 0 atom stereocenters. The molecule has 2 aromatic rings. The van der Waals surface area contributed by atoms with Crippen LogP contribution in [-0.2, 0) is 12.8 Å². The molecule has 0 saturated heterocycles. The minimum Gasteiger partial charge on any atom is -0.395 e. The van der Waals surface area contributed by atoms with Gasteiger partial charge in [0.25, 0.3) is 5.91 Å². The molecule has 5 heteroatoms. The van der Waals surface area contributed by atoms with E-state index in [1.54, 1.807) is 11.9 Å². The molecule has 0 aliphatic heterocycles. The van der Waals surface area contributed by atoms with Gasteiger partial charge in [0.15, 0.2) is 5.69 Å². The van der Waals surface area contributed by atoms with Crippen molar-refractivity contribution in [1.29, 1.82) is 0 Å². The molecule has 5 nitrogen and oxygen atoms in total. The van der Waals surface area contributed by atoms with Crippen LogP contribution in [0.4, 0.5) is 11.4 Å². The second kappa shape index (κ2) is 6.43. The Hall–Kier alpha value is -2.30. The third kappa shape index (κ3) is 3.07. The van der Waals surface area contributed by atoms with Crippen molar-refractivity contribution in [2.24, 2.45) is 0 Å². The maximum absolute atomic E-state index is 12.5. The van der Waals surface area contributed by atoms with E-state index in [0.29, 0.717) is 11.4 Å². The van der Waals surface area contributed by atoms with Crippen LogP contribution in [0.5, 0.6) is 0 Å². The lowest BCUT2D eigenvalue weighted by Gasteiger charge is -2.16. The number of rotatable bonds is 5. The minimum absolute atomic E-state index is 0.199. The third-order valence-electron chi connectivity index (χ3n) is 3.62. The molecule has 2 rings (SSSR count). The van der Waals surface area contributed by atoms with Crippen LogP contribution in [0.15, 0.2) is 24.3 Å². The monoisotopic (exact) mass is 286 g/mol. The van der Waals surface area contributed by atoms with Crippen LogP contribution < -0.4 is 10.6 Å². The van der Waals surface area contributed by atoms with E-state index in [9.17, 15) is 4.79 Å². The van der Waals surface area contributed by atoms with Gasteiger partial charge in [0.1, 0.15) is 0 Å². The Bertz CT molecular complexity index is 616. The zero-order valence-corrected chi connectivity index (χ0v) is 12.8. The number of carbonyl (C=O) groups is 1. The van der Waals surface area contributed by atoms with Crippen molar-refractivity contribution in [3.63, 3.8) is 0 Å². The molecule has 1 heterocycles. The highest BCUT2D eigenvalue weighted by atomic mass is 16.2. The number of nitrogen functional groups attached to an aromatic ring is 1. The van der Waals surface area contributed by atoms with Crippen LogP contribution in [0.2, 0.25) is 0 Å². The van der Waals surface area contributed by atoms with Crippen LogP contribution in [-0.4, -0.2) is 23.2 Å². The van der Waals surface area contributed by atoms with Crippen molar-refractivity contribution >= 4 is 17.3 Å². The van der Waals surface area contributed by atoms with Crippen LogP contribution in [0.25, 0.3) is 0 Å². The fraction of sp³-hybridized carbons (Fsp3) is 0.375. The summed E-state index contributed by atoms with van der Waals surface area (Å²) >= 11 is 0. The van der Waals surface area contributed by atoms with Crippen molar-refractivity contribution in [2.45, 2.75) is 33.1 Å². The summed E-state index contributed by atoms with van der Waals surface area (Å²) in [5, 5.41) is 6.93. The first kappa shape index (κ1) is 15.1. The standard InChI is InChI=1S/C16H22N4O/c1-4-6-13-14(17)15(19-18-13)16(21)20(3)12-9-7-11(5-2)8-10-12/h7-10H,4-6,17H2,1-3H3,(H,18,19). The lowest BCUT2D eigenvalue weighted by atomic mass is 10.1. The van der Waals surface area contributed by atoms with Gasteiger partial charge in [-0.1, -0.05) is 32.4 Å². The zero-order chi connectivity index (χ0) is 15.4. The van der Waals surface area contributed by atoms with Gasteiger partial charge in [-0.2, -0.15) is 5.10 Å². The second-order valence-electron chi connectivity index (χ2n) is 5.10. The molecule has 0 unspecified atom stereocenters. The highest BCUT2D eigenvalue weighted by Crippen LogP contribution is 2.21. The number of H-pyrrole nitrogens is 1. The van der Waals surface area contributed by atoms with Crippen LogP contribution >= 0.6 is 0 Å². The van der Waals surface area contributed by atoms with Crippen molar-refractivity contribution in [3.8, 4) is 0 Å². The fourth-order valence-corrected chi connectivity index (χ4v) is 2.22. The summed E-state index contributed by atoms with van der Waals surface area (Å²) in [7, 11) is 1.73. The van der Waals surface area contributed by atoms with Gasteiger partial charge in [-0.3, -0.25) is 9.89 Å². The molecule has 0 fully saturated rings. The van der Waals surface area contributed by atoms with E-state index in [0.717, 1.165) is 30.6 Å². The molecular weight excluding hydrogens is 264 g/mol. The van der Waals surface area contributed by atoms with E-state index in [2.05, 4.69) is 24.0 Å². The van der Waals surface area contributed by atoms with Gasteiger partial charge < -0.3 is 10.6 Å². The molecular formula is C16H22N4O. The molecule has 112 valence electrons. The average molecular weight is 286 g/mol. The van der Waals surface area contributed by atoms with Crippen molar-refractivity contribution < 1.29 is 4.79 Å². The number of carbonyl (C=O) groups excluding carboxylic acids is 1. The normalized spacial score (nSPS) is 10.6. The number of anilines is 2. The first-order valence-electron chi connectivity index (χ1n) is 7.28. The highest BCUT2D eigenvalue weighted by Gasteiger charge is 2.21. The van der Waals surface area contributed by atoms with Crippen molar-refractivity contribution in [2.75, 3.05) is 17.7 Å². The second-order valence-corrected chi connectivity index (χ2v) is 5.10. The number of aromatic nitrogens is 2. The van der Waals surface area contributed by atoms with Crippen LogP contribution in [0.3, 0.4) is 0 Å². The maximum Gasteiger partial charge on any atom is 0.280 e. The molecule has 0 spiro atoms. The number of nitrogens with one attached hydrogen (secondary N) is 1. The molecule has 0 radical (unpaired) electrons. The maximum atomic E-state index is 12.5. The highest BCUT2D eigenvalue weighted by molar-refractivity contribution is 6.07. The fourth-order valence-electron chi connectivity index (χ4n) is 2.22. The summed E-state index contributed by atoms with van der Waals surface area (Å²) in [4.78, 5) is 14.1. The molecule has 0 aliphatic carbocycles. The first-order valence-corrected chi connectivity index (χ1v) is 7.28. The minimum atomic E-state index is -0.199. The third-order valence-corrected chi connectivity index (χ3v) is 3.62. The number of benzene rings is 1. The lowest BCUT2D eigenvalue weighted by molar-refractivity contribution is 0.0989. The van der Waals surface area contributed by atoms with E-state index in [1.807, 2.05) is 24.3 Å². The Morgan fingerprint density at radius 3 is 2.52 bits per heavy atom. The number of hydrogen-bond donors (Lipinski definition) is 2. The Morgan fingerprint density at radius 1 is 1.29 bits per heavy atom. The summed E-state index contributed by atoms with van der Waals surface area (Å²) in [5.41, 5.74) is 9.66. The lowest BCUT2D eigenvalue weighted by Crippen LogP contribution is -2.27. The Balaban J connectivity index is 2.22.